The van der Waals surface area contributed by atoms with Crippen LogP contribution in [-0.4, -0.2) is 33.5 Å². The number of nitrogens with one attached hydrogen (secondary N) is 3. The van der Waals surface area contributed by atoms with E-state index in [0.29, 0.717) is 43.3 Å². The van der Waals surface area contributed by atoms with Crippen molar-refractivity contribution in [2.75, 3.05) is 11.9 Å². The molecule has 0 saturated heterocycles. The van der Waals surface area contributed by atoms with Gasteiger partial charge in [-0.1, -0.05) is 20.8 Å². The normalized spacial score (nSPS) is 11.2. The van der Waals surface area contributed by atoms with Crippen molar-refractivity contribution >= 4 is 17.5 Å². The zero-order valence-electron chi connectivity index (χ0n) is 15.4. The fourth-order valence-corrected chi connectivity index (χ4v) is 2.16. The molecule has 0 unspecified atom stereocenters. The number of aromatic amines is 1. The Labute approximate surface area is 153 Å². The van der Waals surface area contributed by atoms with E-state index in [2.05, 4.69) is 25.8 Å². The van der Waals surface area contributed by atoms with E-state index < -0.39 is 5.41 Å². The van der Waals surface area contributed by atoms with Gasteiger partial charge in [0.1, 0.15) is 5.82 Å². The number of hydrogen-bond acceptors (Lipinski definition) is 5. The molecule has 0 radical (unpaired) electrons. The van der Waals surface area contributed by atoms with E-state index in [9.17, 15) is 9.59 Å². The van der Waals surface area contributed by atoms with Crippen LogP contribution < -0.4 is 16.4 Å². The number of carbonyl (C=O) groups excluding carboxylic acids is 2. The lowest BCUT2D eigenvalue weighted by Crippen LogP contribution is -2.35. The number of anilines is 1. The Bertz CT molecular complexity index is 746. The minimum atomic E-state index is -0.419. The van der Waals surface area contributed by atoms with Crippen LogP contribution in [0.3, 0.4) is 0 Å². The summed E-state index contributed by atoms with van der Waals surface area (Å²) in [6.07, 6.45) is 0.928. The molecule has 0 aliphatic carbocycles. The molecule has 2 rings (SSSR count). The maximum absolute atomic E-state index is 12.0. The van der Waals surface area contributed by atoms with Gasteiger partial charge in [0.05, 0.1) is 6.54 Å². The van der Waals surface area contributed by atoms with Gasteiger partial charge in [-0.15, -0.1) is 0 Å². The van der Waals surface area contributed by atoms with Crippen LogP contribution in [-0.2, 0) is 16.1 Å². The highest BCUT2D eigenvalue weighted by atomic mass is 16.2. The summed E-state index contributed by atoms with van der Waals surface area (Å²) in [7, 11) is 0. The fourth-order valence-electron chi connectivity index (χ4n) is 2.16. The highest BCUT2D eigenvalue weighted by molar-refractivity contribution is 5.91. The van der Waals surface area contributed by atoms with Crippen LogP contribution in [0.5, 0.6) is 0 Å². The lowest BCUT2D eigenvalue weighted by Gasteiger charge is -2.17. The molecule has 0 saturated carbocycles. The molecule has 0 fully saturated rings. The number of benzene rings is 1. The lowest BCUT2D eigenvalue weighted by atomic mass is 9.96. The first kappa shape index (κ1) is 19.6. The van der Waals surface area contributed by atoms with Gasteiger partial charge < -0.3 is 16.4 Å². The molecule has 0 atom stereocenters. The van der Waals surface area contributed by atoms with Crippen molar-refractivity contribution < 1.29 is 9.59 Å². The van der Waals surface area contributed by atoms with E-state index in [0.717, 1.165) is 5.56 Å². The van der Waals surface area contributed by atoms with E-state index in [1.54, 1.807) is 12.1 Å². The van der Waals surface area contributed by atoms with Crippen LogP contribution in [0.25, 0.3) is 11.4 Å². The van der Waals surface area contributed by atoms with Gasteiger partial charge in [-0.25, -0.2) is 4.98 Å². The number of carbonyl (C=O) groups is 2. The van der Waals surface area contributed by atoms with Crippen LogP contribution in [0, 0.1) is 5.41 Å². The third kappa shape index (κ3) is 5.66. The van der Waals surface area contributed by atoms with Crippen LogP contribution in [0.4, 0.5) is 5.69 Å². The van der Waals surface area contributed by atoms with Crippen molar-refractivity contribution in [3.63, 3.8) is 0 Å². The molecule has 0 aliphatic heterocycles. The third-order valence-electron chi connectivity index (χ3n) is 3.70. The minimum absolute atomic E-state index is 0.0155. The van der Waals surface area contributed by atoms with Crippen LogP contribution >= 0.6 is 0 Å². The first-order valence-corrected chi connectivity index (χ1v) is 8.59. The maximum atomic E-state index is 12.0. The van der Waals surface area contributed by atoms with Gasteiger partial charge in [-0.3, -0.25) is 14.7 Å². The second kappa shape index (κ2) is 8.57. The Morgan fingerprint density at radius 3 is 2.46 bits per heavy atom. The SMILES string of the molecule is CC(C)(C)C(=O)NCCCC(=O)Nc1ccc(-c2n[nH]c(CN)n2)cc1. The van der Waals surface area contributed by atoms with E-state index in [1.165, 1.54) is 0 Å². The summed E-state index contributed by atoms with van der Waals surface area (Å²) in [5, 5.41) is 12.5. The Balaban J connectivity index is 1.78. The molecule has 1 aromatic heterocycles. The molecule has 2 aromatic rings. The summed E-state index contributed by atoms with van der Waals surface area (Å²) in [5.41, 5.74) is 6.62. The fraction of sp³-hybridized carbons (Fsp3) is 0.444. The van der Waals surface area contributed by atoms with Gasteiger partial charge in [-0.2, -0.15) is 5.10 Å². The predicted molar refractivity (Wildman–Crippen MR) is 100 cm³/mol. The lowest BCUT2D eigenvalue weighted by molar-refractivity contribution is -0.128. The van der Waals surface area contributed by atoms with E-state index in [4.69, 9.17) is 5.73 Å². The van der Waals surface area contributed by atoms with Gasteiger partial charge in [0, 0.05) is 29.6 Å². The standard InChI is InChI=1S/C18H26N6O2/c1-18(2,3)17(26)20-10-4-5-15(25)21-13-8-6-12(7-9-13)16-22-14(11-19)23-24-16/h6-9H,4-5,10-11,19H2,1-3H3,(H,20,26)(H,21,25)(H,22,23,24). The van der Waals surface area contributed by atoms with Crippen molar-refractivity contribution in [3.05, 3.63) is 30.1 Å². The molecular formula is C18H26N6O2. The average molecular weight is 358 g/mol. The second-order valence-electron chi connectivity index (χ2n) is 7.04. The molecule has 26 heavy (non-hydrogen) atoms. The number of aromatic nitrogens is 3. The van der Waals surface area contributed by atoms with Crippen molar-refractivity contribution in [1.29, 1.82) is 0 Å². The first-order chi connectivity index (χ1) is 12.3. The summed E-state index contributed by atoms with van der Waals surface area (Å²) >= 11 is 0. The number of nitrogens with zero attached hydrogens (tertiary/aromatic N) is 2. The topological polar surface area (TPSA) is 126 Å². The maximum Gasteiger partial charge on any atom is 0.225 e. The van der Waals surface area contributed by atoms with E-state index in [-0.39, 0.29) is 11.8 Å². The van der Waals surface area contributed by atoms with Crippen molar-refractivity contribution in [2.24, 2.45) is 11.1 Å². The van der Waals surface area contributed by atoms with Gasteiger partial charge >= 0.3 is 0 Å². The predicted octanol–water partition coefficient (Wildman–Crippen LogP) is 1.81. The molecule has 0 aliphatic rings. The summed E-state index contributed by atoms with van der Waals surface area (Å²) in [6.45, 7) is 6.35. The number of rotatable bonds is 7. The van der Waals surface area contributed by atoms with E-state index >= 15 is 0 Å². The summed E-state index contributed by atoms with van der Waals surface area (Å²) in [4.78, 5) is 28.0. The number of nitrogens with two attached hydrogens (primary N) is 1. The average Bonchev–Trinajstić information content (AvgIpc) is 3.07. The molecule has 0 bridgehead atoms. The van der Waals surface area contributed by atoms with Crippen LogP contribution in [0.2, 0.25) is 0 Å². The van der Waals surface area contributed by atoms with Crippen molar-refractivity contribution in [3.8, 4) is 11.4 Å². The summed E-state index contributed by atoms with van der Waals surface area (Å²) in [5.74, 6) is 1.08. The molecule has 0 spiro atoms. The molecular weight excluding hydrogens is 332 g/mol. The molecule has 2 amide bonds. The first-order valence-electron chi connectivity index (χ1n) is 8.59. The number of amides is 2. The monoisotopic (exact) mass is 358 g/mol. The minimum Gasteiger partial charge on any atom is -0.356 e. The molecule has 1 aromatic carbocycles. The van der Waals surface area contributed by atoms with Gasteiger partial charge in [0.25, 0.3) is 0 Å². The smallest absolute Gasteiger partial charge is 0.225 e. The highest BCUT2D eigenvalue weighted by Gasteiger charge is 2.20. The molecule has 5 N–H and O–H groups in total. The highest BCUT2D eigenvalue weighted by Crippen LogP contribution is 2.18. The van der Waals surface area contributed by atoms with Crippen molar-refractivity contribution in [2.45, 2.75) is 40.2 Å². The van der Waals surface area contributed by atoms with Gasteiger partial charge in [-0.05, 0) is 30.7 Å². The second-order valence-corrected chi connectivity index (χ2v) is 7.04. The van der Waals surface area contributed by atoms with Gasteiger partial charge in [0.2, 0.25) is 11.8 Å². The van der Waals surface area contributed by atoms with Crippen molar-refractivity contribution in [1.82, 2.24) is 20.5 Å². The molecule has 1 heterocycles. The zero-order valence-corrected chi connectivity index (χ0v) is 15.4. The quantitative estimate of drug-likeness (QED) is 0.562. The zero-order chi connectivity index (χ0) is 19.2. The number of H-pyrrole nitrogens is 1. The van der Waals surface area contributed by atoms with Crippen LogP contribution in [0.15, 0.2) is 24.3 Å². The number of hydrogen-bond donors (Lipinski definition) is 4. The Hall–Kier alpha value is -2.74. The largest absolute Gasteiger partial charge is 0.356 e. The van der Waals surface area contributed by atoms with Crippen LogP contribution in [0.1, 0.15) is 39.4 Å². The summed E-state index contributed by atoms with van der Waals surface area (Å²) in [6, 6.07) is 7.27. The molecule has 8 heteroatoms. The summed E-state index contributed by atoms with van der Waals surface area (Å²) < 4.78 is 0. The Kier molecular flexibility index (Phi) is 6.46. The Morgan fingerprint density at radius 1 is 1.19 bits per heavy atom. The molecule has 8 nitrogen and oxygen atoms in total. The Morgan fingerprint density at radius 2 is 1.88 bits per heavy atom. The third-order valence-corrected chi connectivity index (χ3v) is 3.70. The van der Waals surface area contributed by atoms with E-state index in [1.807, 2.05) is 32.9 Å². The van der Waals surface area contributed by atoms with Gasteiger partial charge in [0.15, 0.2) is 5.82 Å². The molecule has 140 valence electrons.